The van der Waals surface area contributed by atoms with Gasteiger partial charge in [-0.15, -0.1) is 0 Å². The van der Waals surface area contributed by atoms with Crippen molar-refractivity contribution in [2.24, 2.45) is 0 Å². The number of aliphatic hydroxyl groups excluding tert-OH is 4. The Labute approximate surface area is 172 Å². The summed E-state index contributed by atoms with van der Waals surface area (Å²) in [4.78, 5) is 0. The summed E-state index contributed by atoms with van der Waals surface area (Å²) < 4.78 is 16.1. The van der Waals surface area contributed by atoms with E-state index in [-0.39, 0.29) is 23.0 Å². The van der Waals surface area contributed by atoms with E-state index in [4.69, 9.17) is 14.2 Å². The third-order valence-corrected chi connectivity index (χ3v) is 4.71. The van der Waals surface area contributed by atoms with Gasteiger partial charge in [-0.25, -0.2) is 0 Å². The molecule has 0 radical (unpaired) electrons. The third-order valence-electron chi connectivity index (χ3n) is 4.71. The molecule has 0 unspecified atom stereocenters. The molecule has 3 rings (SSSR count). The van der Waals surface area contributed by atoms with Gasteiger partial charge in [-0.2, -0.15) is 0 Å². The average Bonchev–Trinajstić information content (AvgIpc) is 2.73. The van der Waals surface area contributed by atoms with Gasteiger partial charge in [0.2, 0.25) is 12.0 Å². The second-order valence-electron chi connectivity index (χ2n) is 6.81. The molecule has 5 atom stereocenters. The average molecular weight is 420 g/mol. The normalized spacial score (nSPS) is 26.6. The highest BCUT2D eigenvalue weighted by molar-refractivity contribution is 5.72. The van der Waals surface area contributed by atoms with E-state index in [0.717, 1.165) is 5.56 Å². The summed E-state index contributed by atoms with van der Waals surface area (Å²) in [5.41, 5.74) is 1.33. The van der Waals surface area contributed by atoms with Crippen LogP contribution in [0.5, 0.6) is 23.0 Å². The first-order valence-corrected chi connectivity index (χ1v) is 9.19. The van der Waals surface area contributed by atoms with Crippen LogP contribution in [0.25, 0.3) is 12.2 Å². The molecule has 30 heavy (non-hydrogen) atoms. The molecule has 162 valence electrons. The Bertz CT molecular complexity index is 879. The standard InChI is InChI=1S/C21H24O9/c1-28-20-14(24)8-12(3-2-11-4-6-13(23)7-5-11)9-15(20)29-21-19(27)18(26)17(25)16(10-22)30-21/h2-9,16-19,21-27H,10H2,1H3/b3-2+/t16-,17-,18+,19-,21-/m1/s1. The van der Waals surface area contributed by atoms with Crippen molar-refractivity contribution in [3.05, 3.63) is 47.5 Å². The van der Waals surface area contributed by atoms with Gasteiger partial charge in [0.15, 0.2) is 11.5 Å². The van der Waals surface area contributed by atoms with Crippen molar-refractivity contribution in [2.45, 2.75) is 30.7 Å². The van der Waals surface area contributed by atoms with E-state index in [1.807, 2.05) is 0 Å². The van der Waals surface area contributed by atoms with Crippen LogP contribution in [-0.2, 0) is 4.74 Å². The van der Waals surface area contributed by atoms with E-state index in [9.17, 15) is 30.6 Å². The smallest absolute Gasteiger partial charge is 0.229 e. The second-order valence-corrected chi connectivity index (χ2v) is 6.81. The zero-order chi connectivity index (χ0) is 21.8. The SMILES string of the molecule is COc1c(O)cc(/C=C/c2ccc(O)cc2)cc1O[C@@H]1O[C@H](CO)[C@@H](O)[C@H](O)[C@H]1O. The quantitative estimate of drug-likeness (QED) is 0.366. The highest BCUT2D eigenvalue weighted by Gasteiger charge is 2.45. The summed E-state index contributed by atoms with van der Waals surface area (Å²) in [7, 11) is 1.32. The van der Waals surface area contributed by atoms with Crippen LogP contribution in [0.15, 0.2) is 36.4 Å². The lowest BCUT2D eigenvalue weighted by atomic mass is 9.99. The molecule has 0 aromatic heterocycles. The summed E-state index contributed by atoms with van der Waals surface area (Å²) in [6.45, 7) is -0.595. The summed E-state index contributed by atoms with van der Waals surface area (Å²) in [5.74, 6) is -0.0877. The number of phenolic OH excluding ortho intramolecular Hbond substituents is 2. The molecule has 1 saturated heterocycles. The van der Waals surface area contributed by atoms with Gasteiger partial charge >= 0.3 is 0 Å². The number of phenols is 2. The van der Waals surface area contributed by atoms with Gasteiger partial charge in [0, 0.05) is 0 Å². The lowest BCUT2D eigenvalue weighted by Crippen LogP contribution is -2.60. The third kappa shape index (κ3) is 4.66. The van der Waals surface area contributed by atoms with E-state index in [2.05, 4.69) is 0 Å². The fraction of sp³-hybridized carbons (Fsp3) is 0.333. The number of benzene rings is 2. The van der Waals surface area contributed by atoms with E-state index >= 15 is 0 Å². The molecule has 6 N–H and O–H groups in total. The molecule has 0 saturated carbocycles. The fourth-order valence-corrected chi connectivity index (χ4v) is 3.06. The Morgan fingerprint density at radius 2 is 1.60 bits per heavy atom. The Morgan fingerprint density at radius 1 is 0.933 bits per heavy atom. The van der Waals surface area contributed by atoms with Gasteiger partial charge in [-0.1, -0.05) is 24.3 Å². The molecule has 0 bridgehead atoms. The Hall–Kier alpha value is -2.82. The van der Waals surface area contributed by atoms with Crippen molar-refractivity contribution in [1.29, 1.82) is 0 Å². The van der Waals surface area contributed by atoms with Crippen LogP contribution in [0.2, 0.25) is 0 Å². The van der Waals surface area contributed by atoms with Gasteiger partial charge in [0.25, 0.3) is 0 Å². The van der Waals surface area contributed by atoms with E-state index in [1.165, 1.54) is 19.2 Å². The molecule has 1 heterocycles. The maximum absolute atomic E-state index is 10.3. The van der Waals surface area contributed by atoms with Crippen LogP contribution in [0.4, 0.5) is 0 Å². The van der Waals surface area contributed by atoms with Crippen molar-refractivity contribution >= 4 is 12.2 Å². The highest BCUT2D eigenvalue weighted by atomic mass is 16.7. The zero-order valence-corrected chi connectivity index (χ0v) is 16.1. The molecule has 0 aliphatic carbocycles. The zero-order valence-electron chi connectivity index (χ0n) is 16.1. The molecular weight excluding hydrogens is 396 g/mol. The van der Waals surface area contributed by atoms with Crippen molar-refractivity contribution in [1.82, 2.24) is 0 Å². The maximum atomic E-state index is 10.3. The highest BCUT2D eigenvalue weighted by Crippen LogP contribution is 2.39. The molecule has 2 aromatic carbocycles. The van der Waals surface area contributed by atoms with Gasteiger partial charge in [-0.3, -0.25) is 0 Å². The Kier molecular flexibility index (Phi) is 6.80. The van der Waals surface area contributed by atoms with E-state index in [1.54, 1.807) is 36.4 Å². The number of hydrogen-bond donors (Lipinski definition) is 6. The number of hydrogen-bond acceptors (Lipinski definition) is 9. The summed E-state index contributed by atoms with van der Waals surface area (Å²) >= 11 is 0. The molecule has 1 fully saturated rings. The van der Waals surface area contributed by atoms with E-state index in [0.29, 0.717) is 5.56 Å². The molecule has 2 aromatic rings. The van der Waals surface area contributed by atoms with Gasteiger partial charge in [0.05, 0.1) is 13.7 Å². The lowest BCUT2D eigenvalue weighted by Gasteiger charge is -2.39. The Morgan fingerprint density at radius 3 is 2.23 bits per heavy atom. The molecule has 9 nitrogen and oxygen atoms in total. The van der Waals surface area contributed by atoms with Crippen LogP contribution in [0, 0.1) is 0 Å². The first-order valence-electron chi connectivity index (χ1n) is 9.19. The van der Waals surface area contributed by atoms with E-state index < -0.39 is 37.3 Å². The van der Waals surface area contributed by atoms with Crippen molar-refractivity contribution in [2.75, 3.05) is 13.7 Å². The predicted octanol–water partition coefficient (Wildman–Crippen LogP) is 0.455. The first-order chi connectivity index (χ1) is 14.3. The first kappa shape index (κ1) is 21.9. The summed E-state index contributed by atoms with van der Waals surface area (Å²) in [6, 6.07) is 9.46. The summed E-state index contributed by atoms with van der Waals surface area (Å²) in [5, 5.41) is 58.9. The lowest BCUT2D eigenvalue weighted by molar-refractivity contribution is -0.277. The number of rotatable bonds is 6. The minimum absolute atomic E-state index is 0.0197. The van der Waals surface area contributed by atoms with Crippen LogP contribution < -0.4 is 9.47 Å². The van der Waals surface area contributed by atoms with Crippen molar-refractivity contribution in [3.63, 3.8) is 0 Å². The Balaban J connectivity index is 1.87. The predicted molar refractivity (Wildman–Crippen MR) is 106 cm³/mol. The van der Waals surface area contributed by atoms with Crippen LogP contribution in [0.3, 0.4) is 0 Å². The van der Waals surface area contributed by atoms with Crippen LogP contribution in [-0.4, -0.2) is 75.1 Å². The van der Waals surface area contributed by atoms with Gasteiger partial charge < -0.3 is 44.8 Å². The molecule has 9 heteroatoms. The number of aliphatic hydroxyl groups is 4. The fourth-order valence-electron chi connectivity index (χ4n) is 3.06. The van der Waals surface area contributed by atoms with Gasteiger partial charge in [-0.05, 0) is 35.4 Å². The number of ether oxygens (including phenoxy) is 3. The molecule has 0 amide bonds. The molecule has 1 aliphatic rings. The number of aromatic hydroxyl groups is 2. The molecular formula is C21H24O9. The summed E-state index contributed by atoms with van der Waals surface area (Å²) in [6.07, 6.45) is -3.84. The monoisotopic (exact) mass is 420 g/mol. The van der Waals surface area contributed by atoms with Crippen LogP contribution in [0.1, 0.15) is 11.1 Å². The molecule has 0 spiro atoms. The van der Waals surface area contributed by atoms with Crippen LogP contribution >= 0.6 is 0 Å². The van der Waals surface area contributed by atoms with Crippen molar-refractivity contribution in [3.8, 4) is 23.0 Å². The second kappa shape index (κ2) is 9.33. The minimum Gasteiger partial charge on any atom is -0.508 e. The number of methoxy groups -OCH3 is 1. The maximum Gasteiger partial charge on any atom is 0.229 e. The largest absolute Gasteiger partial charge is 0.508 e. The molecule has 1 aliphatic heterocycles. The topological polar surface area (TPSA) is 149 Å². The van der Waals surface area contributed by atoms with Gasteiger partial charge in [0.1, 0.15) is 30.2 Å². The van der Waals surface area contributed by atoms with Crippen molar-refractivity contribution < 1.29 is 44.8 Å². The minimum atomic E-state index is -1.61.